The Morgan fingerprint density at radius 2 is 2.11 bits per heavy atom. The van der Waals surface area contributed by atoms with Crippen LogP contribution in [0.5, 0.6) is 11.5 Å². The molecule has 1 aliphatic rings. The average Bonchev–Trinajstić information content (AvgIpc) is 2.93. The second-order valence-corrected chi connectivity index (χ2v) is 5.29. The van der Waals surface area contributed by atoms with Crippen LogP contribution >= 0.6 is 0 Å². The van der Waals surface area contributed by atoms with Crippen molar-refractivity contribution < 1.29 is 15.0 Å². The van der Waals surface area contributed by atoms with Gasteiger partial charge in [-0.2, -0.15) is 0 Å². The zero-order chi connectivity index (χ0) is 13.3. The van der Waals surface area contributed by atoms with Crippen molar-refractivity contribution in [2.24, 2.45) is 11.8 Å². The van der Waals surface area contributed by atoms with E-state index in [2.05, 4.69) is 6.92 Å². The van der Waals surface area contributed by atoms with Crippen LogP contribution in [0.2, 0.25) is 0 Å². The zero-order valence-electron chi connectivity index (χ0n) is 10.8. The van der Waals surface area contributed by atoms with Crippen LogP contribution < -0.4 is 0 Å². The molecular formula is C14H19NO3. The van der Waals surface area contributed by atoms with Crippen LogP contribution in [0, 0.1) is 11.8 Å². The van der Waals surface area contributed by atoms with Gasteiger partial charge in [-0.1, -0.05) is 6.92 Å². The molecule has 1 aliphatic carbocycles. The van der Waals surface area contributed by atoms with E-state index in [4.69, 9.17) is 0 Å². The fourth-order valence-electron chi connectivity index (χ4n) is 2.20. The summed E-state index contributed by atoms with van der Waals surface area (Å²) in [6.07, 6.45) is 1.24. The van der Waals surface area contributed by atoms with Crippen molar-refractivity contribution in [1.29, 1.82) is 0 Å². The van der Waals surface area contributed by atoms with Crippen molar-refractivity contribution in [3.05, 3.63) is 23.8 Å². The summed E-state index contributed by atoms with van der Waals surface area (Å²) < 4.78 is 0. The lowest BCUT2D eigenvalue weighted by Gasteiger charge is -2.15. The van der Waals surface area contributed by atoms with Gasteiger partial charge in [0, 0.05) is 12.6 Å². The van der Waals surface area contributed by atoms with E-state index in [1.807, 2.05) is 11.9 Å². The molecular weight excluding hydrogens is 230 g/mol. The first-order chi connectivity index (χ1) is 8.47. The van der Waals surface area contributed by atoms with Gasteiger partial charge < -0.3 is 10.2 Å². The molecule has 0 aromatic heterocycles. The highest BCUT2D eigenvalue weighted by atomic mass is 16.3. The monoisotopic (exact) mass is 249 g/mol. The summed E-state index contributed by atoms with van der Waals surface area (Å²) in [4.78, 5) is 14.0. The third-order valence-electron chi connectivity index (χ3n) is 3.52. The molecule has 2 rings (SSSR count). The Labute approximate surface area is 107 Å². The Bertz CT molecular complexity index is 458. The number of carbonyl (C=O) groups is 1. The SMILES string of the molecule is CC1CC1CN(C)CC(=O)c1ccc(O)cc1O. The van der Waals surface area contributed by atoms with Crippen LogP contribution in [0.1, 0.15) is 23.7 Å². The summed E-state index contributed by atoms with van der Waals surface area (Å²) >= 11 is 0. The number of rotatable bonds is 5. The molecule has 0 spiro atoms. The summed E-state index contributed by atoms with van der Waals surface area (Å²) in [6, 6.07) is 4.06. The Morgan fingerprint density at radius 3 is 2.67 bits per heavy atom. The number of hydrogen-bond donors (Lipinski definition) is 2. The molecule has 0 radical (unpaired) electrons. The van der Waals surface area contributed by atoms with Crippen molar-refractivity contribution >= 4 is 5.78 Å². The predicted octanol–water partition coefficient (Wildman–Crippen LogP) is 1.87. The molecule has 2 N–H and O–H groups in total. The summed E-state index contributed by atoms with van der Waals surface area (Å²) in [5.41, 5.74) is 0.267. The molecule has 0 bridgehead atoms. The fraction of sp³-hybridized carbons (Fsp3) is 0.500. The highest BCUT2D eigenvalue weighted by Crippen LogP contribution is 2.37. The average molecular weight is 249 g/mol. The standard InChI is InChI=1S/C14H19NO3/c1-9-5-10(9)7-15(2)8-14(18)12-4-3-11(16)6-13(12)17/h3-4,6,9-10,16-17H,5,7-8H2,1-2H3. The lowest BCUT2D eigenvalue weighted by molar-refractivity contribution is 0.0941. The number of hydrogen-bond acceptors (Lipinski definition) is 4. The van der Waals surface area contributed by atoms with Gasteiger partial charge in [0.1, 0.15) is 11.5 Å². The minimum atomic E-state index is -0.159. The zero-order valence-corrected chi connectivity index (χ0v) is 10.8. The molecule has 0 saturated heterocycles. The maximum Gasteiger partial charge on any atom is 0.180 e. The third kappa shape index (κ3) is 3.01. The summed E-state index contributed by atoms with van der Waals surface area (Å²) in [6.45, 7) is 3.43. The number of ketones is 1. The van der Waals surface area contributed by atoms with Gasteiger partial charge in [0.2, 0.25) is 0 Å². The first-order valence-corrected chi connectivity index (χ1v) is 6.21. The van der Waals surface area contributed by atoms with E-state index in [9.17, 15) is 15.0 Å². The van der Waals surface area contributed by atoms with Gasteiger partial charge in [-0.05, 0) is 37.4 Å². The summed E-state index contributed by atoms with van der Waals surface area (Å²) in [5.74, 6) is 1.15. The third-order valence-corrected chi connectivity index (χ3v) is 3.52. The largest absolute Gasteiger partial charge is 0.508 e. The molecule has 2 unspecified atom stereocenters. The Kier molecular flexibility index (Phi) is 3.57. The van der Waals surface area contributed by atoms with E-state index in [-0.39, 0.29) is 22.8 Å². The number of likely N-dealkylation sites (N-methyl/N-ethyl adjacent to an activating group) is 1. The number of benzene rings is 1. The van der Waals surface area contributed by atoms with Crippen LogP contribution in [-0.4, -0.2) is 41.0 Å². The number of aromatic hydroxyl groups is 2. The Morgan fingerprint density at radius 1 is 1.44 bits per heavy atom. The van der Waals surface area contributed by atoms with E-state index < -0.39 is 0 Å². The van der Waals surface area contributed by atoms with Gasteiger partial charge >= 0.3 is 0 Å². The molecule has 1 aromatic rings. The van der Waals surface area contributed by atoms with Crippen molar-refractivity contribution in [1.82, 2.24) is 4.90 Å². The molecule has 98 valence electrons. The molecule has 18 heavy (non-hydrogen) atoms. The smallest absolute Gasteiger partial charge is 0.180 e. The van der Waals surface area contributed by atoms with E-state index in [1.165, 1.54) is 24.6 Å². The molecule has 4 nitrogen and oxygen atoms in total. The number of phenolic OH excluding ortho intramolecular Hbond substituents is 2. The summed E-state index contributed by atoms with van der Waals surface area (Å²) in [5, 5.41) is 18.8. The van der Waals surface area contributed by atoms with Crippen molar-refractivity contribution in [3.63, 3.8) is 0 Å². The van der Waals surface area contributed by atoms with Crippen molar-refractivity contribution in [2.75, 3.05) is 20.1 Å². The number of Topliss-reactive ketones (excluding diaryl/α,β-unsaturated/α-hetero) is 1. The first kappa shape index (κ1) is 12.9. The van der Waals surface area contributed by atoms with Gasteiger partial charge in [-0.25, -0.2) is 0 Å². The highest BCUT2D eigenvalue weighted by Gasteiger charge is 2.33. The van der Waals surface area contributed by atoms with Crippen LogP contribution in [0.15, 0.2) is 18.2 Å². The van der Waals surface area contributed by atoms with Gasteiger partial charge in [-0.3, -0.25) is 9.69 Å². The molecule has 0 amide bonds. The maximum absolute atomic E-state index is 12.0. The van der Waals surface area contributed by atoms with Crippen LogP contribution in [0.25, 0.3) is 0 Å². The van der Waals surface area contributed by atoms with E-state index in [0.29, 0.717) is 12.5 Å². The molecule has 1 saturated carbocycles. The lowest BCUT2D eigenvalue weighted by Crippen LogP contribution is -2.28. The fourth-order valence-corrected chi connectivity index (χ4v) is 2.20. The predicted molar refractivity (Wildman–Crippen MR) is 68.9 cm³/mol. The summed E-state index contributed by atoms with van der Waals surface area (Å²) in [7, 11) is 1.92. The number of nitrogens with zero attached hydrogens (tertiary/aromatic N) is 1. The van der Waals surface area contributed by atoms with Crippen LogP contribution in [-0.2, 0) is 0 Å². The number of carbonyl (C=O) groups excluding carboxylic acids is 1. The second-order valence-electron chi connectivity index (χ2n) is 5.29. The quantitative estimate of drug-likeness (QED) is 0.782. The van der Waals surface area contributed by atoms with E-state index in [1.54, 1.807) is 0 Å². The topological polar surface area (TPSA) is 60.8 Å². The molecule has 0 heterocycles. The van der Waals surface area contributed by atoms with Crippen LogP contribution in [0.4, 0.5) is 0 Å². The van der Waals surface area contributed by atoms with Gasteiger partial charge in [0.15, 0.2) is 5.78 Å². The maximum atomic E-state index is 12.0. The van der Waals surface area contributed by atoms with Crippen molar-refractivity contribution in [2.45, 2.75) is 13.3 Å². The van der Waals surface area contributed by atoms with Crippen molar-refractivity contribution in [3.8, 4) is 11.5 Å². The van der Waals surface area contributed by atoms with Gasteiger partial charge in [0.25, 0.3) is 0 Å². The molecule has 1 aromatic carbocycles. The van der Waals surface area contributed by atoms with Gasteiger partial charge in [0.05, 0.1) is 12.1 Å². The Hall–Kier alpha value is -1.55. The molecule has 1 fully saturated rings. The van der Waals surface area contributed by atoms with E-state index in [0.717, 1.165) is 12.5 Å². The lowest BCUT2D eigenvalue weighted by atomic mass is 10.1. The highest BCUT2D eigenvalue weighted by molar-refractivity contribution is 6.00. The van der Waals surface area contributed by atoms with E-state index >= 15 is 0 Å². The molecule has 2 atom stereocenters. The van der Waals surface area contributed by atoms with Gasteiger partial charge in [-0.15, -0.1) is 0 Å². The first-order valence-electron chi connectivity index (χ1n) is 6.21. The molecule has 0 aliphatic heterocycles. The minimum absolute atomic E-state index is 0.0378. The normalized spacial score (nSPS) is 22.2. The number of phenols is 2. The second kappa shape index (κ2) is 4.98. The van der Waals surface area contributed by atoms with Crippen LogP contribution in [0.3, 0.4) is 0 Å². The Balaban J connectivity index is 1.94. The molecule has 4 heteroatoms. The minimum Gasteiger partial charge on any atom is -0.508 e.